The van der Waals surface area contributed by atoms with E-state index in [1.54, 1.807) is 9.80 Å². The zero-order chi connectivity index (χ0) is 36.1. The van der Waals surface area contributed by atoms with Crippen LogP contribution in [0.5, 0.6) is 0 Å². The van der Waals surface area contributed by atoms with E-state index in [2.05, 4.69) is 13.8 Å². The molecule has 0 aromatic carbocycles. The van der Waals surface area contributed by atoms with Gasteiger partial charge in [-0.2, -0.15) is 0 Å². The molecule has 10 heteroatoms. The van der Waals surface area contributed by atoms with E-state index in [0.717, 1.165) is 109 Å². The number of carbonyl (C=O) groups is 2. The highest BCUT2D eigenvalue weighted by molar-refractivity contribution is 5.68. The average molecular weight is 673 g/mol. The van der Waals surface area contributed by atoms with E-state index in [1.165, 1.54) is 25.7 Å². The van der Waals surface area contributed by atoms with Crippen molar-refractivity contribution >= 4 is 12.2 Å². The molecule has 0 spiro atoms. The van der Waals surface area contributed by atoms with Gasteiger partial charge in [-0.05, 0) is 93.2 Å². The van der Waals surface area contributed by atoms with Crippen molar-refractivity contribution in [3.63, 3.8) is 0 Å². The maximum Gasteiger partial charge on any atom is 0.411 e. The summed E-state index contributed by atoms with van der Waals surface area (Å²) in [5.74, 6) is 0. The van der Waals surface area contributed by atoms with Crippen molar-refractivity contribution in [2.24, 2.45) is 22.9 Å². The number of nitrogens with zero attached hydrogens (tertiary/aromatic N) is 2. The molecule has 0 fully saturated rings. The molecule has 0 bridgehead atoms. The van der Waals surface area contributed by atoms with Crippen LogP contribution >= 0.6 is 0 Å². The van der Waals surface area contributed by atoms with Gasteiger partial charge in [0.25, 0.3) is 0 Å². The van der Waals surface area contributed by atoms with Gasteiger partial charge >= 0.3 is 12.2 Å². The van der Waals surface area contributed by atoms with E-state index in [9.17, 15) is 9.59 Å². The quantitative estimate of drug-likeness (QED) is 0.0555. The first kappa shape index (κ1) is 47.5. The summed E-state index contributed by atoms with van der Waals surface area (Å²) in [6.07, 6.45) is 19.5. The van der Waals surface area contributed by atoms with Gasteiger partial charge in [0.2, 0.25) is 0 Å². The van der Waals surface area contributed by atoms with Crippen molar-refractivity contribution in [1.82, 2.24) is 9.80 Å². The predicted molar refractivity (Wildman–Crippen MR) is 199 cm³/mol. The van der Waals surface area contributed by atoms with Crippen LogP contribution in [-0.2, 0) is 9.47 Å². The third-order valence-corrected chi connectivity index (χ3v) is 7.72. The van der Waals surface area contributed by atoms with Crippen LogP contribution in [0.2, 0.25) is 0 Å². The van der Waals surface area contributed by atoms with Crippen molar-refractivity contribution in [3.05, 3.63) is 0 Å². The molecule has 0 aliphatic heterocycles. The molecular weight excluding hydrogens is 592 g/mol. The van der Waals surface area contributed by atoms with Gasteiger partial charge < -0.3 is 32.4 Å². The minimum atomic E-state index is -0.489. The highest BCUT2D eigenvalue weighted by atomic mass is 16.6. The lowest BCUT2D eigenvalue weighted by Gasteiger charge is -2.31. The molecule has 47 heavy (non-hydrogen) atoms. The molecule has 8 N–H and O–H groups in total. The Bertz CT molecular complexity index is 741. The van der Waals surface area contributed by atoms with E-state index in [1.807, 2.05) is 41.5 Å². The smallest absolute Gasteiger partial charge is 0.411 e. The molecule has 282 valence electrons. The molecule has 0 aromatic rings. The number of nitrogens with two attached hydrogens (primary N) is 4. The zero-order valence-corrected chi connectivity index (χ0v) is 32.3. The first-order chi connectivity index (χ1) is 22.1. The summed E-state index contributed by atoms with van der Waals surface area (Å²) < 4.78 is 11.0. The fourth-order valence-corrected chi connectivity index (χ4v) is 5.04. The Morgan fingerprint density at radius 2 is 0.809 bits per heavy atom. The van der Waals surface area contributed by atoms with E-state index in [0.29, 0.717) is 13.1 Å². The Labute approximate surface area is 290 Å². The molecule has 0 aliphatic rings. The van der Waals surface area contributed by atoms with Gasteiger partial charge in [0.15, 0.2) is 0 Å². The normalized spacial score (nSPS) is 12.9. The highest BCUT2D eigenvalue weighted by Crippen LogP contribution is 2.17. The zero-order valence-electron chi connectivity index (χ0n) is 32.3. The second-order valence-electron chi connectivity index (χ2n) is 14.9. The second-order valence-corrected chi connectivity index (χ2v) is 14.9. The minimum Gasteiger partial charge on any atom is -0.444 e. The summed E-state index contributed by atoms with van der Waals surface area (Å²) in [6.45, 7) is 18.5. The summed E-state index contributed by atoms with van der Waals surface area (Å²) in [5, 5.41) is 0. The number of carbonyl (C=O) groups excluding carboxylic acids is 2. The fraction of sp³-hybridized carbons (Fsp3) is 0.946. The van der Waals surface area contributed by atoms with Crippen LogP contribution in [0.1, 0.15) is 177 Å². The maximum absolute atomic E-state index is 12.5. The van der Waals surface area contributed by atoms with Crippen LogP contribution in [0, 0.1) is 0 Å². The summed E-state index contributed by atoms with van der Waals surface area (Å²) >= 11 is 0. The van der Waals surface area contributed by atoms with Crippen LogP contribution < -0.4 is 22.9 Å². The molecule has 0 saturated heterocycles. The van der Waals surface area contributed by atoms with Gasteiger partial charge in [0, 0.05) is 13.1 Å². The molecule has 10 nitrogen and oxygen atoms in total. The summed E-state index contributed by atoms with van der Waals surface area (Å²) in [7, 11) is 0. The topological polar surface area (TPSA) is 163 Å². The van der Waals surface area contributed by atoms with E-state index in [-0.39, 0.29) is 24.5 Å². The molecule has 0 rings (SSSR count). The molecular formula is C37H80N6O4. The predicted octanol–water partition coefficient (Wildman–Crippen LogP) is 8.39. The van der Waals surface area contributed by atoms with Gasteiger partial charge in [-0.15, -0.1) is 0 Å². The Hall–Kier alpha value is -1.62. The first-order valence-electron chi connectivity index (χ1n) is 19.0. The van der Waals surface area contributed by atoms with E-state index < -0.39 is 11.2 Å². The van der Waals surface area contributed by atoms with Crippen LogP contribution in [0.4, 0.5) is 9.59 Å². The molecule has 0 aliphatic carbocycles. The molecule has 2 amide bonds. The van der Waals surface area contributed by atoms with Gasteiger partial charge in [-0.1, -0.05) is 97.3 Å². The first-order valence-corrected chi connectivity index (χ1v) is 19.0. The molecule has 0 aromatic heterocycles. The average Bonchev–Trinajstić information content (AvgIpc) is 2.97. The number of hydrogen-bond donors (Lipinski definition) is 4. The molecule has 0 radical (unpaired) electrons. The van der Waals surface area contributed by atoms with Crippen LogP contribution in [0.15, 0.2) is 0 Å². The van der Waals surface area contributed by atoms with E-state index >= 15 is 0 Å². The van der Waals surface area contributed by atoms with Gasteiger partial charge in [0.1, 0.15) is 11.2 Å². The summed E-state index contributed by atoms with van der Waals surface area (Å²) in [4.78, 5) is 28.3. The number of hydrogen-bond acceptors (Lipinski definition) is 8. The van der Waals surface area contributed by atoms with Crippen molar-refractivity contribution in [2.75, 3.05) is 26.2 Å². The molecule has 2 atom stereocenters. The Morgan fingerprint density at radius 1 is 0.511 bits per heavy atom. The highest BCUT2D eigenvalue weighted by Gasteiger charge is 2.27. The van der Waals surface area contributed by atoms with Crippen molar-refractivity contribution in [3.8, 4) is 0 Å². The maximum atomic E-state index is 12.5. The number of amides is 2. The monoisotopic (exact) mass is 673 g/mol. The SMILES string of the molecule is CCCCCC(N)N(CCCCCCN)C(=O)OC(C)(C)C.CCCCCCCC(N)N(CCCCCCCN)C(=O)OC(C)(C)C. The van der Waals surface area contributed by atoms with Gasteiger partial charge in [0.05, 0.1) is 12.3 Å². The summed E-state index contributed by atoms with van der Waals surface area (Å²) in [5.41, 5.74) is 22.6. The minimum absolute atomic E-state index is 0.250. The fourth-order valence-electron chi connectivity index (χ4n) is 5.04. The lowest BCUT2D eigenvalue weighted by atomic mass is 10.1. The number of unbranched alkanes of at least 4 members (excludes halogenated alkanes) is 13. The Morgan fingerprint density at radius 3 is 1.17 bits per heavy atom. The van der Waals surface area contributed by atoms with Gasteiger partial charge in [-0.3, -0.25) is 9.80 Å². The third kappa shape index (κ3) is 30.2. The summed E-state index contributed by atoms with van der Waals surface area (Å²) in [6, 6.07) is 0. The Kier molecular flexibility index (Phi) is 29.6. The largest absolute Gasteiger partial charge is 0.444 e. The van der Waals surface area contributed by atoms with Crippen molar-refractivity contribution in [2.45, 2.75) is 201 Å². The van der Waals surface area contributed by atoms with Crippen molar-refractivity contribution < 1.29 is 19.1 Å². The van der Waals surface area contributed by atoms with Crippen LogP contribution in [0.3, 0.4) is 0 Å². The molecule has 0 saturated carbocycles. The van der Waals surface area contributed by atoms with Crippen LogP contribution in [0.25, 0.3) is 0 Å². The van der Waals surface area contributed by atoms with Crippen molar-refractivity contribution in [1.29, 1.82) is 0 Å². The standard InChI is InChI=1S/C20H43N3O2.C17H37N3O2/c1-5-6-7-9-12-15-18(22)23(19(24)25-20(2,3)4)17-14-11-8-10-13-16-21;1-5-6-9-12-15(19)20(14-11-8-7-10-13-18)16(21)22-17(2,3)4/h18H,5-17,21-22H2,1-4H3;15H,5-14,18-19H2,1-4H3. The number of rotatable bonds is 25. The third-order valence-electron chi connectivity index (χ3n) is 7.72. The lowest BCUT2D eigenvalue weighted by Crippen LogP contribution is -2.48. The van der Waals surface area contributed by atoms with E-state index in [4.69, 9.17) is 32.4 Å². The lowest BCUT2D eigenvalue weighted by molar-refractivity contribution is 0.0140. The number of ether oxygens (including phenoxy) is 2. The molecule has 2 unspecified atom stereocenters. The Balaban J connectivity index is 0. The molecule has 0 heterocycles. The second kappa shape index (κ2) is 29.3. The van der Waals surface area contributed by atoms with Gasteiger partial charge in [-0.25, -0.2) is 9.59 Å². The van der Waals surface area contributed by atoms with Crippen LogP contribution in [-0.4, -0.2) is 71.7 Å².